The zero-order chi connectivity index (χ0) is 19.7. The fourth-order valence-electron chi connectivity index (χ4n) is 3.87. The monoisotopic (exact) mass is 378 g/mol. The van der Waals surface area contributed by atoms with Crippen LogP contribution < -0.4 is 0 Å². The summed E-state index contributed by atoms with van der Waals surface area (Å²) >= 11 is 0. The second kappa shape index (κ2) is 7.67. The Morgan fingerprint density at radius 1 is 0.821 bits per heavy atom. The van der Waals surface area contributed by atoms with E-state index in [4.69, 9.17) is 0 Å². The zero-order valence-electron chi connectivity index (χ0n) is 15.7. The Kier molecular flexibility index (Phi) is 5.08. The molecule has 0 saturated carbocycles. The average Bonchev–Trinajstić information content (AvgIpc) is 2.69. The Labute approximate surface area is 163 Å². The van der Waals surface area contributed by atoms with Crippen LogP contribution in [0.25, 0.3) is 22.8 Å². The second-order valence-electron chi connectivity index (χ2n) is 7.24. The molecular weight excluding hydrogens is 357 g/mol. The van der Waals surface area contributed by atoms with Crippen molar-refractivity contribution in [3.8, 4) is 11.1 Å². The number of benzene rings is 3. The topological polar surface area (TPSA) is 0 Å². The summed E-state index contributed by atoms with van der Waals surface area (Å²) in [5.41, 5.74) is 5.00. The van der Waals surface area contributed by atoms with Gasteiger partial charge in [0.15, 0.2) is 0 Å². The Bertz CT molecular complexity index is 1050. The summed E-state index contributed by atoms with van der Waals surface area (Å²) in [6.07, 6.45) is 4.81. The van der Waals surface area contributed by atoms with E-state index in [9.17, 15) is 8.78 Å². The molecule has 0 spiro atoms. The third kappa shape index (κ3) is 3.49. The highest BCUT2D eigenvalue weighted by Gasteiger charge is 2.20. The van der Waals surface area contributed by atoms with Crippen LogP contribution in [0, 0.1) is 17.5 Å². The molecule has 0 radical (unpaired) electrons. The van der Waals surface area contributed by atoms with Gasteiger partial charge in [0.05, 0.1) is 0 Å². The highest BCUT2D eigenvalue weighted by Crippen LogP contribution is 2.36. The molecule has 3 aromatic rings. The number of rotatable bonds is 4. The largest absolute Gasteiger partial charge is 0.207 e. The van der Waals surface area contributed by atoms with E-state index < -0.39 is 0 Å². The Hall–Kier alpha value is -2.81. The molecule has 0 unspecified atom stereocenters. The smallest absolute Gasteiger partial charge is 0.134 e. The van der Waals surface area contributed by atoms with E-state index in [-0.39, 0.29) is 17.5 Å². The number of aryl methyl sites for hydroxylation is 1. The number of halogens is 3. The minimum Gasteiger partial charge on any atom is -0.207 e. The molecule has 0 saturated heterocycles. The average molecular weight is 378 g/mol. The molecule has 0 aromatic heterocycles. The maximum absolute atomic E-state index is 15.1. The van der Waals surface area contributed by atoms with E-state index >= 15 is 4.39 Å². The third-order valence-corrected chi connectivity index (χ3v) is 5.33. The second-order valence-corrected chi connectivity index (χ2v) is 7.24. The van der Waals surface area contributed by atoms with E-state index in [2.05, 4.69) is 6.92 Å². The standard InChI is InChI=1S/C25H21F3/c1-2-3-16-4-11-21(24(27)14-16)18-7-13-23-19(15-18)8-12-22(25(23)28)17-5-9-20(26)10-6-17/h4-6,8-12,14-15H,2-3,7,13H2,1H3. The third-order valence-electron chi connectivity index (χ3n) is 5.33. The van der Waals surface area contributed by atoms with Crippen LogP contribution in [0.2, 0.25) is 0 Å². The van der Waals surface area contributed by atoms with Crippen molar-refractivity contribution >= 4 is 11.6 Å². The van der Waals surface area contributed by atoms with E-state index in [1.54, 1.807) is 24.3 Å². The van der Waals surface area contributed by atoms with Crippen molar-refractivity contribution in [1.82, 2.24) is 0 Å². The van der Waals surface area contributed by atoms with Gasteiger partial charge in [-0.3, -0.25) is 0 Å². The molecule has 0 atom stereocenters. The summed E-state index contributed by atoms with van der Waals surface area (Å²) in [5.74, 6) is -0.844. The first-order chi connectivity index (χ1) is 13.6. The normalized spacial score (nSPS) is 13.2. The van der Waals surface area contributed by atoms with Crippen LogP contribution in [0.4, 0.5) is 13.2 Å². The molecule has 1 aliphatic rings. The van der Waals surface area contributed by atoms with E-state index in [0.29, 0.717) is 35.1 Å². The minimum absolute atomic E-state index is 0.218. The summed E-state index contributed by atoms with van der Waals surface area (Å²) in [6, 6.07) is 14.8. The van der Waals surface area contributed by atoms with Gasteiger partial charge >= 0.3 is 0 Å². The van der Waals surface area contributed by atoms with E-state index in [1.807, 2.05) is 24.3 Å². The summed E-state index contributed by atoms with van der Waals surface area (Å²) < 4.78 is 42.8. The van der Waals surface area contributed by atoms with Crippen molar-refractivity contribution in [2.24, 2.45) is 0 Å². The minimum atomic E-state index is -0.346. The summed E-state index contributed by atoms with van der Waals surface area (Å²) in [6.45, 7) is 2.07. The lowest BCUT2D eigenvalue weighted by atomic mass is 9.86. The summed E-state index contributed by atoms with van der Waals surface area (Å²) in [7, 11) is 0. The lowest BCUT2D eigenvalue weighted by molar-refractivity contribution is 0.609. The van der Waals surface area contributed by atoms with Crippen molar-refractivity contribution in [2.75, 3.05) is 0 Å². The van der Waals surface area contributed by atoms with Gasteiger partial charge in [0.2, 0.25) is 0 Å². The van der Waals surface area contributed by atoms with Crippen molar-refractivity contribution in [2.45, 2.75) is 32.6 Å². The van der Waals surface area contributed by atoms with Crippen LogP contribution in [0.3, 0.4) is 0 Å². The number of hydrogen-bond acceptors (Lipinski definition) is 0. The molecule has 28 heavy (non-hydrogen) atoms. The van der Waals surface area contributed by atoms with Gasteiger partial charge in [0, 0.05) is 11.1 Å². The van der Waals surface area contributed by atoms with Crippen LogP contribution in [0.15, 0.2) is 54.6 Å². The van der Waals surface area contributed by atoms with Gasteiger partial charge in [0.1, 0.15) is 17.5 Å². The predicted octanol–water partition coefficient (Wildman–Crippen LogP) is 7.21. The Balaban J connectivity index is 1.70. The van der Waals surface area contributed by atoms with Gasteiger partial charge in [-0.15, -0.1) is 0 Å². The molecule has 4 rings (SSSR count). The van der Waals surface area contributed by atoms with Gasteiger partial charge in [0.25, 0.3) is 0 Å². The quantitative estimate of drug-likeness (QED) is 0.450. The lowest BCUT2D eigenvalue weighted by Crippen LogP contribution is -2.05. The summed E-state index contributed by atoms with van der Waals surface area (Å²) in [5, 5.41) is 0. The van der Waals surface area contributed by atoms with Crippen LogP contribution in [-0.2, 0) is 12.8 Å². The van der Waals surface area contributed by atoms with Crippen molar-refractivity contribution in [3.05, 3.63) is 94.3 Å². The first kappa shape index (κ1) is 18.5. The van der Waals surface area contributed by atoms with Gasteiger partial charge < -0.3 is 0 Å². The number of allylic oxidation sites excluding steroid dienone is 1. The van der Waals surface area contributed by atoms with Crippen molar-refractivity contribution in [1.29, 1.82) is 0 Å². The molecule has 1 aliphatic carbocycles. The predicted molar refractivity (Wildman–Crippen MR) is 108 cm³/mol. The maximum Gasteiger partial charge on any atom is 0.134 e. The fraction of sp³-hybridized carbons (Fsp3) is 0.200. The first-order valence-corrected chi connectivity index (χ1v) is 9.63. The Morgan fingerprint density at radius 3 is 2.29 bits per heavy atom. The number of fused-ring (bicyclic) bond motifs is 1. The highest BCUT2D eigenvalue weighted by molar-refractivity contribution is 5.85. The molecule has 142 valence electrons. The summed E-state index contributed by atoms with van der Waals surface area (Å²) in [4.78, 5) is 0. The van der Waals surface area contributed by atoms with Crippen molar-refractivity contribution < 1.29 is 13.2 Å². The van der Waals surface area contributed by atoms with Gasteiger partial charge in [-0.05, 0) is 65.3 Å². The highest BCUT2D eigenvalue weighted by atomic mass is 19.1. The first-order valence-electron chi connectivity index (χ1n) is 9.63. The molecule has 0 N–H and O–H groups in total. The molecule has 0 fully saturated rings. The van der Waals surface area contributed by atoms with Gasteiger partial charge in [-0.25, -0.2) is 13.2 Å². The molecule has 0 bridgehead atoms. The molecule has 3 heteroatoms. The van der Waals surface area contributed by atoms with Gasteiger partial charge in [-0.1, -0.05) is 55.8 Å². The Morgan fingerprint density at radius 2 is 1.57 bits per heavy atom. The van der Waals surface area contributed by atoms with Crippen LogP contribution in [-0.4, -0.2) is 0 Å². The maximum atomic E-state index is 15.1. The molecule has 0 nitrogen and oxygen atoms in total. The van der Waals surface area contributed by atoms with Gasteiger partial charge in [-0.2, -0.15) is 0 Å². The molecule has 0 amide bonds. The van der Waals surface area contributed by atoms with Crippen LogP contribution in [0.1, 0.15) is 42.0 Å². The fourth-order valence-corrected chi connectivity index (χ4v) is 3.87. The molecule has 0 heterocycles. The zero-order valence-corrected chi connectivity index (χ0v) is 15.7. The van der Waals surface area contributed by atoms with E-state index in [0.717, 1.165) is 29.5 Å². The lowest BCUT2D eigenvalue weighted by Gasteiger charge is -2.20. The molecule has 3 aromatic carbocycles. The van der Waals surface area contributed by atoms with Crippen LogP contribution >= 0.6 is 0 Å². The molecular formula is C25H21F3. The van der Waals surface area contributed by atoms with Crippen LogP contribution in [0.5, 0.6) is 0 Å². The SMILES string of the molecule is CCCc1ccc(C2=Cc3ccc(-c4ccc(F)cc4)c(F)c3CC2)c(F)c1. The molecule has 0 aliphatic heterocycles. The van der Waals surface area contributed by atoms with Crippen molar-refractivity contribution in [3.63, 3.8) is 0 Å². The number of hydrogen-bond donors (Lipinski definition) is 0. The van der Waals surface area contributed by atoms with E-state index in [1.165, 1.54) is 12.1 Å².